The molecular formula is C23H28N2O3S. The molecule has 2 aromatic carbocycles. The second kappa shape index (κ2) is 10.8. The van der Waals surface area contributed by atoms with Crippen molar-refractivity contribution in [1.82, 2.24) is 5.32 Å². The summed E-state index contributed by atoms with van der Waals surface area (Å²) in [6.07, 6.45) is 7.91. The third-order valence-corrected chi connectivity index (χ3v) is 5.42. The van der Waals surface area contributed by atoms with Crippen molar-refractivity contribution in [2.75, 3.05) is 19.0 Å². The highest BCUT2D eigenvalue weighted by Crippen LogP contribution is 2.26. The number of carbonyl (C=O) groups is 1. The number of rotatable bonds is 7. The normalized spacial score (nSPS) is 14.1. The largest absolute Gasteiger partial charge is 0.497 e. The number of benzene rings is 2. The Balaban J connectivity index is 1.42. The highest BCUT2D eigenvalue weighted by atomic mass is 32.1. The summed E-state index contributed by atoms with van der Waals surface area (Å²) in [4.78, 5) is 12.2. The maximum atomic E-state index is 12.2. The van der Waals surface area contributed by atoms with Crippen molar-refractivity contribution in [2.45, 2.75) is 38.5 Å². The predicted molar refractivity (Wildman–Crippen MR) is 120 cm³/mol. The van der Waals surface area contributed by atoms with E-state index >= 15 is 0 Å². The molecular weight excluding hydrogens is 384 g/mol. The van der Waals surface area contributed by atoms with Crippen LogP contribution in [0, 0.1) is 5.92 Å². The van der Waals surface area contributed by atoms with Crippen LogP contribution >= 0.6 is 12.2 Å². The molecule has 5 nitrogen and oxygen atoms in total. The van der Waals surface area contributed by atoms with Crippen LogP contribution in [0.5, 0.6) is 11.5 Å². The molecule has 2 aromatic rings. The number of hydrogen-bond donors (Lipinski definition) is 2. The van der Waals surface area contributed by atoms with Gasteiger partial charge in [0.25, 0.3) is 5.91 Å². The van der Waals surface area contributed by atoms with Gasteiger partial charge in [-0.2, -0.15) is 0 Å². The highest BCUT2D eigenvalue weighted by molar-refractivity contribution is 7.80. The van der Waals surface area contributed by atoms with Crippen molar-refractivity contribution in [3.63, 3.8) is 0 Å². The molecule has 3 rings (SSSR count). The number of methoxy groups -OCH3 is 1. The zero-order valence-electron chi connectivity index (χ0n) is 16.8. The van der Waals surface area contributed by atoms with E-state index in [1.54, 1.807) is 31.4 Å². The number of amides is 1. The van der Waals surface area contributed by atoms with E-state index in [1.165, 1.54) is 32.1 Å². The molecule has 29 heavy (non-hydrogen) atoms. The Morgan fingerprint density at radius 1 is 1.00 bits per heavy atom. The van der Waals surface area contributed by atoms with Gasteiger partial charge in [-0.1, -0.05) is 32.1 Å². The van der Waals surface area contributed by atoms with Gasteiger partial charge in [0.05, 0.1) is 13.7 Å². The number of anilines is 1. The van der Waals surface area contributed by atoms with Crippen LogP contribution in [0.4, 0.5) is 5.69 Å². The van der Waals surface area contributed by atoms with Crippen molar-refractivity contribution in [2.24, 2.45) is 5.92 Å². The monoisotopic (exact) mass is 412 g/mol. The molecule has 2 N–H and O–H groups in total. The SMILES string of the molecule is COc1ccc(C(=O)NC(=S)Nc2ccc(OCCC3CCCCC3)cc2)cc1. The fraction of sp³-hybridized carbons (Fsp3) is 0.391. The second-order valence-electron chi connectivity index (χ2n) is 7.30. The molecule has 1 aliphatic rings. The van der Waals surface area contributed by atoms with Crippen molar-refractivity contribution in [3.8, 4) is 11.5 Å². The third-order valence-electron chi connectivity index (χ3n) is 5.21. The molecule has 0 saturated heterocycles. The fourth-order valence-corrected chi connectivity index (χ4v) is 3.74. The maximum Gasteiger partial charge on any atom is 0.257 e. The quantitative estimate of drug-likeness (QED) is 0.614. The van der Waals surface area contributed by atoms with Crippen LogP contribution in [0.15, 0.2) is 48.5 Å². The van der Waals surface area contributed by atoms with Crippen LogP contribution in [0.3, 0.4) is 0 Å². The topological polar surface area (TPSA) is 59.6 Å². The fourth-order valence-electron chi connectivity index (χ4n) is 3.53. The predicted octanol–water partition coefficient (Wildman–Crippen LogP) is 5.17. The van der Waals surface area contributed by atoms with Gasteiger partial charge in [-0.3, -0.25) is 10.1 Å². The van der Waals surface area contributed by atoms with Gasteiger partial charge in [0.15, 0.2) is 5.11 Å². The zero-order chi connectivity index (χ0) is 20.5. The summed E-state index contributed by atoms with van der Waals surface area (Å²) in [5.41, 5.74) is 1.31. The van der Waals surface area contributed by atoms with E-state index in [9.17, 15) is 4.79 Å². The molecule has 0 unspecified atom stereocenters. The Labute approximate surface area is 177 Å². The average Bonchev–Trinajstić information content (AvgIpc) is 2.75. The molecule has 1 amide bonds. The van der Waals surface area contributed by atoms with Gasteiger partial charge in [0, 0.05) is 11.3 Å². The lowest BCUT2D eigenvalue weighted by atomic mass is 9.87. The summed E-state index contributed by atoms with van der Waals surface area (Å²) in [5, 5.41) is 5.94. The summed E-state index contributed by atoms with van der Waals surface area (Å²) in [5.74, 6) is 2.09. The number of thiocarbonyl (C=S) groups is 1. The van der Waals surface area contributed by atoms with E-state index in [-0.39, 0.29) is 11.0 Å². The summed E-state index contributed by atoms with van der Waals surface area (Å²) < 4.78 is 11.0. The maximum absolute atomic E-state index is 12.2. The molecule has 0 heterocycles. The van der Waals surface area contributed by atoms with Crippen LogP contribution in [0.2, 0.25) is 0 Å². The van der Waals surface area contributed by atoms with E-state index in [0.717, 1.165) is 30.4 Å². The van der Waals surface area contributed by atoms with Gasteiger partial charge < -0.3 is 14.8 Å². The standard InChI is InChI=1S/C23H28N2O3S/c1-27-20-11-7-18(8-12-20)22(26)25-23(29)24-19-9-13-21(14-10-19)28-16-15-17-5-3-2-4-6-17/h7-14,17H,2-6,15-16H2,1H3,(H2,24,25,26,29). The molecule has 1 fully saturated rings. The molecule has 0 radical (unpaired) electrons. The minimum absolute atomic E-state index is 0.247. The first-order valence-corrected chi connectivity index (χ1v) is 10.5. The second-order valence-corrected chi connectivity index (χ2v) is 7.71. The van der Waals surface area contributed by atoms with Crippen LogP contribution < -0.4 is 20.1 Å². The lowest BCUT2D eigenvalue weighted by molar-refractivity contribution is 0.0977. The molecule has 0 spiro atoms. The average molecular weight is 413 g/mol. The van der Waals surface area contributed by atoms with E-state index in [0.29, 0.717) is 11.3 Å². The van der Waals surface area contributed by atoms with E-state index in [2.05, 4.69) is 10.6 Å². The number of hydrogen-bond acceptors (Lipinski definition) is 4. The van der Waals surface area contributed by atoms with E-state index in [4.69, 9.17) is 21.7 Å². The van der Waals surface area contributed by atoms with Gasteiger partial charge in [-0.05, 0) is 73.1 Å². The van der Waals surface area contributed by atoms with Gasteiger partial charge >= 0.3 is 0 Å². The first-order chi connectivity index (χ1) is 14.1. The van der Waals surface area contributed by atoms with Crippen molar-refractivity contribution >= 4 is 28.9 Å². The molecule has 0 aliphatic heterocycles. The van der Waals surface area contributed by atoms with Gasteiger partial charge in [-0.25, -0.2) is 0 Å². The van der Waals surface area contributed by atoms with Crippen LogP contribution in [0.1, 0.15) is 48.9 Å². The molecule has 0 atom stereocenters. The number of carbonyl (C=O) groups excluding carboxylic acids is 1. The minimum Gasteiger partial charge on any atom is -0.497 e. The molecule has 1 saturated carbocycles. The van der Waals surface area contributed by atoms with Crippen LogP contribution in [0.25, 0.3) is 0 Å². The van der Waals surface area contributed by atoms with Crippen LogP contribution in [-0.4, -0.2) is 24.7 Å². The Morgan fingerprint density at radius 3 is 2.31 bits per heavy atom. The first kappa shape index (κ1) is 21.1. The molecule has 0 aromatic heterocycles. The van der Waals surface area contributed by atoms with Crippen molar-refractivity contribution < 1.29 is 14.3 Å². The lowest BCUT2D eigenvalue weighted by Crippen LogP contribution is -2.34. The molecule has 1 aliphatic carbocycles. The summed E-state index contributed by atoms with van der Waals surface area (Å²) in [6, 6.07) is 14.5. The summed E-state index contributed by atoms with van der Waals surface area (Å²) >= 11 is 5.24. The molecule has 154 valence electrons. The summed E-state index contributed by atoms with van der Waals surface area (Å²) in [7, 11) is 1.58. The molecule has 0 bridgehead atoms. The third kappa shape index (κ3) is 6.75. The Bertz CT molecular complexity index is 800. The Morgan fingerprint density at radius 2 is 1.66 bits per heavy atom. The lowest BCUT2D eigenvalue weighted by Gasteiger charge is -2.21. The minimum atomic E-state index is -0.271. The van der Waals surface area contributed by atoms with E-state index in [1.807, 2.05) is 24.3 Å². The highest BCUT2D eigenvalue weighted by Gasteiger charge is 2.13. The summed E-state index contributed by atoms with van der Waals surface area (Å²) in [6.45, 7) is 0.758. The van der Waals surface area contributed by atoms with Crippen molar-refractivity contribution in [1.29, 1.82) is 0 Å². The zero-order valence-corrected chi connectivity index (χ0v) is 17.6. The van der Waals surface area contributed by atoms with Crippen LogP contribution in [-0.2, 0) is 0 Å². The Hall–Kier alpha value is -2.60. The van der Waals surface area contributed by atoms with Gasteiger partial charge in [0.2, 0.25) is 0 Å². The Kier molecular flexibility index (Phi) is 7.87. The number of nitrogens with one attached hydrogen (secondary N) is 2. The van der Waals surface area contributed by atoms with E-state index < -0.39 is 0 Å². The number of ether oxygens (including phenoxy) is 2. The molecule has 6 heteroatoms. The smallest absolute Gasteiger partial charge is 0.257 e. The van der Waals surface area contributed by atoms with Crippen molar-refractivity contribution in [3.05, 3.63) is 54.1 Å². The first-order valence-electron chi connectivity index (χ1n) is 10.1. The van der Waals surface area contributed by atoms with Gasteiger partial charge in [0.1, 0.15) is 11.5 Å². The van der Waals surface area contributed by atoms with Gasteiger partial charge in [-0.15, -0.1) is 0 Å².